The van der Waals surface area contributed by atoms with Gasteiger partial charge in [-0.1, -0.05) is 24.3 Å². The number of hydrogen-bond acceptors (Lipinski definition) is 2. The predicted octanol–water partition coefficient (Wildman–Crippen LogP) is 5.19. The maximum absolute atomic E-state index is 7.31. The summed E-state index contributed by atoms with van der Waals surface area (Å²) in [7, 11) is -1.72. The Labute approximate surface area is 146 Å². The average Bonchev–Trinajstić information content (AvgIpc) is 2.84. The highest BCUT2D eigenvalue weighted by Crippen LogP contribution is 2.90. The molecule has 23 heavy (non-hydrogen) atoms. The van der Waals surface area contributed by atoms with Crippen LogP contribution in [0.5, 0.6) is 0 Å². The Kier molecular flexibility index (Phi) is 5.31. The van der Waals surface area contributed by atoms with Gasteiger partial charge in [-0.05, 0) is 56.5 Å². The van der Waals surface area contributed by atoms with Crippen molar-refractivity contribution in [3.05, 3.63) is 36.4 Å². The molecule has 124 valence electrons. The summed E-state index contributed by atoms with van der Waals surface area (Å²) in [6.45, 7) is 12.6. The van der Waals surface area contributed by atoms with E-state index in [1.807, 2.05) is 0 Å². The van der Waals surface area contributed by atoms with Crippen LogP contribution in [-0.4, -0.2) is 35.5 Å². The lowest BCUT2D eigenvalue weighted by atomic mass is 10.1. The lowest BCUT2D eigenvalue weighted by Crippen LogP contribution is -2.39. The monoisotopic (exact) mass is 367 g/mol. The normalized spacial score (nSPS) is 19.2. The Bertz CT molecular complexity index is 681. The van der Waals surface area contributed by atoms with Crippen molar-refractivity contribution in [1.82, 2.24) is 9.34 Å². The second-order valence-corrected chi connectivity index (χ2v) is 14.1. The summed E-state index contributed by atoms with van der Waals surface area (Å²) in [5.41, 5.74) is 0. The molecular weight excluding hydrogens is 342 g/mol. The van der Waals surface area contributed by atoms with Gasteiger partial charge in [0.05, 0.1) is 0 Å². The number of benzene rings is 2. The molecule has 0 fully saturated rings. The Hall–Kier alpha value is -0.230. The van der Waals surface area contributed by atoms with E-state index in [0.29, 0.717) is 0 Å². The maximum atomic E-state index is 7.31. The molecule has 1 aliphatic rings. The Balaban J connectivity index is 2.36. The summed E-state index contributed by atoms with van der Waals surface area (Å²) >= 11 is 7.31. The van der Waals surface area contributed by atoms with Crippen LogP contribution < -0.4 is 10.6 Å². The first-order chi connectivity index (χ1) is 11.2. The summed E-state index contributed by atoms with van der Waals surface area (Å²) in [6, 6.07) is 13.5. The van der Waals surface area contributed by atoms with Gasteiger partial charge in [-0.15, -0.1) is 0 Å². The zero-order valence-electron chi connectivity index (χ0n) is 14.5. The lowest BCUT2D eigenvalue weighted by Gasteiger charge is -2.41. The van der Waals surface area contributed by atoms with Crippen LogP contribution in [0.4, 0.5) is 0 Å². The maximum Gasteiger partial charge on any atom is 0.225 e. The van der Waals surface area contributed by atoms with E-state index >= 15 is 0 Å². The summed E-state index contributed by atoms with van der Waals surface area (Å²) in [5.74, 6) is 0. The molecule has 0 saturated heterocycles. The molecule has 0 aliphatic carbocycles. The van der Waals surface area contributed by atoms with Crippen molar-refractivity contribution in [3.8, 4) is 0 Å². The smallest absolute Gasteiger partial charge is 0.156 e. The summed E-state index contributed by atoms with van der Waals surface area (Å²) < 4.78 is 5.35. The van der Waals surface area contributed by atoms with Gasteiger partial charge >= 0.3 is 0 Å². The van der Waals surface area contributed by atoms with Crippen molar-refractivity contribution < 1.29 is 0 Å². The minimum Gasteiger partial charge on any atom is -0.156 e. The van der Waals surface area contributed by atoms with Gasteiger partial charge in [0.2, 0.25) is 14.2 Å². The van der Waals surface area contributed by atoms with Gasteiger partial charge in [-0.25, -0.2) is 0 Å². The Morgan fingerprint density at radius 3 is 1.91 bits per heavy atom. The molecule has 0 amide bonds. The largest absolute Gasteiger partial charge is 0.225 e. The van der Waals surface area contributed by atoms with E-state index in [-0.39, 0.29) is 0 Å². The van der Waals surface area contributed by atoms with Crippen LogP contribution in [0.1, 0.15) is 27.7 Å². The molecule has 3 rings (SSSR count). The first-order valence-corrected chi connectivity index (χ1v) is 13.2. The first-order valence-electron chi connectivity index (χ1n) is 8.55. The van der Waals surface area contributed by atoms with Gasteiger partial charge in [0, 0.05) is 36.9 Å². The van der Waals surface area contributed by atoms with E-state index < -0.39 is 14.2 Å². The average molecular weight is 368 g/mol. The molecule has 5 heteroatoms. The topological polar surface area (TPSA) is 6.48 Å². The molecule has 1 aliphatic heterocycles. The summed E-state index contributed by atoms with van der Waals surface area (Å²) in [6.07, 6.45) is 0. The number of nitrogens with zero attached hydrogens (tertiary/aromatic N) is 2. The molecule has 0 bridgehead atoms. The first kappa shape index (κ1) is 17.6. The molecule has 0 radical (unpaired) electrons. The molecule has 2 nitrogen and oxygen atoms in total. The van der Waals surface area contributed by atoms with E-state index in [9.17, 15) is 0 Å². The van der Waals surface area contributed by atoms with Crippen LogP contribution in [-0.2, 0) is 0 Å². The van der Waals surface area contributed by atoms with Crippen LogP contribution >= 0.6 is 25.5 Å². The third-order valence-corrected chi connectivity index (χ3v) is 16.6. The minimum absolute atomic E-state index is 0.725. The van der Waals surface area contributed by atoms with Crippen LogP contribution in [0.15, 0.2) is 36.4 Å². The summed E-state index contributed by atoms with van der Waals surface area (Å²) in [4.78, 5) is 0. The van der Waals surface area contributed by atoms with E-state index in [4.69, 9.17) is 11.2 Å². The van der Waals surface area contributed by atoms with Gasteiger partial charge in [-0.3, -0.25) is 0 Å². The van der Waals surface area contributed by atoms with Gasteiger partial charge in [0.15, 0.2) is 0 Å². The van der Waals surface area contributed by atoms with Gasteiger partial charge < -0.3 is 0 Å². The molecule has 1 heterocycles. The van der Waals surface area contributed by atoms with Crippen molar-refractivity contribution in [3.63, 3.8) is 0 Å². The zero-order chi connectivity index (χ0) is 16.6. The minimum atomic E-state index is -1.72. The third kappa shape index (κ3) is 2.38. The molecular formula is C18H26ClN2P2+. The highest BCUT2D eigenvalue weighted by Gasteiger charge is 2.63. The molecule has 0 saturated carbocycles. The molecule has 0 aromatic heterocycles. The highest BCUT2D eigenvalue weighted by atomic mass is 35.7. The van der Waals surface area contributed by atoms with Crippen molar-refractivity contribution in [2.75, 3.05) is 26.2 Å². The van der Waals surface area contributed by atoms with Crippen LogP contribution in [0.25, 0.3) is 10.8 Å². The van der Waals surface area contributed by atoms with Gasteiger partial charge in [0.25, 0.3) is 0 Å². The third-order valence-electron chi connectivity index (χ3n) is 4.88. The van der Waals surface area contributed by atoms with Crippen molar-refractivity contribution in [2.45, 2.75) is 27.7 Å². The second kappa shape index (κ2) is 6.95. The SMILES string of the molecule is CCN(CC)[P+]1(N(CC)CC)c2cccc3cccc(c23)P1Cl. The van der Waals surface area contributed by atoms with Crippen molar-refractivity contribution in [1.29, 1.82) is 0 Å². The Morgan fingerprint density at radius 2 is 1.39 bits per heavy atom. The predicted molar refractivity (Wildman–Crippen MR) is 109 cm³/mol. The zero-order valence-corrected chi connectivity index (χ0v) is 17.0. The molecule has 0 N–H and O–H groups in total. The highest BCUT2D eigenvalue weighted by molar-refractivity contribution is 8.52. The fourth-order valence-corrected chi connectivity index (χ4v) is 17.1. The van der Waals surface area contributed by atoms with Crippen LogP contribution in [0, 0.1) is 0 Å². The fraction of sp³-hybridized carbons (Fsp3) is 0.444. The quantitative estimate of drug-likeness (QED) is 0.648. The van der Waals surface area contributed by atoms with Crippen molar-refractivity contribution >= 4 is 46.8 Å². The number of halogens is 1. The number of rotatable bonds is 6. The second-order valence-electron chi connectivity index (χ2n) is 5.76. The van der Waals surface area contributed by atoms with Crippen molar-refractivity contribution in [2.24, 2.45) is 0 Å². The molecule has 1 unspecified atom stereocenters. The van der Waals surface area contributed by atoms with Crippen LogP contribution in [0.3, 0.4) is 0 Å². The fourth-order valence-electron chi connectivity index (χ4n) is 3.89. The molecule has 2 aromatic rings. The van der Waals surface area contributed by atoms with E-state index in [0.717, 1.165) is 26.2 Å². The van der Waals surface area contributed by atoms with E-state index in [2.05, 4.69) is 73.4 Å². The summed E-state index contributed by atoms with van der Waals surface area (Å²) in [5, 5.41) is 5.68. The van der Waals surface area contributed by atoms with E-state index in [1.165, 1.54) is 21.4 Å². The lowest BCUT2D eigenvalue weighted by molar-refractivity contribution is 0.425. The van der Waals surface area contributed by atoms with Gasteiger partial charge in [-0.2, -0.15) is 9.34 Å². The molecule has 1 atom stereocenters. The molecule has 2 aromatic carbocycles. The number of hydrogen-bond donors (Lipinski definition) is 0. The standard InChI is InChI=1S/C18H26ClN2P2/c1-5-20(6-2)23(21(7-3)8-4)17-14-10-12-15-11-9-13-16(18(15)17)22(23)19/h9-14H,5-8H2,1-4H3/q+1. The van der Waals surface area contributed by atoms with E-state index in [1.54, 1.807) is 0 Å². The van der Waals surface area contributed by atoms with Gasteiger partial charge in [0.1, 0.15) is 5.30 Å². The molecule has 0 spiro atoms. The Morgan fingerprint density at radius 1 is 0.870 bits per heavy atom. The van der Waals surface area contributed by atoms with Crippen LogP contribution in [0.2, 0.25) is 0 Å².